The number of pyridine rings is 1. The number of benzene rings is 1. The normalized spacial score (nSPS) is 9.75. The average molecular weight is 335 g/mol. The Balaban J connectivity index is 0.000000240. The van der Waals surface area contributed by atoms with Gasteiger partial charge in [-0.25, -0.2) is 0 Å². The lowest BCUT2D eigenvalue weighted by Gasteiger charge is -1.98. The van der Waals surface area contributed by atoms with Crippen LogP contribution in [-0.2, 0) is 12.8 Å². The van der Waals surface area contributed by atoms with E-state index in [4.69, 9.17) is 10.2 Å². The number of rotatable bonds is 6. The van der Waals surface area contributed by atoms with Gasteiger partial charge in [0.1, 0.15) is 6.20 Å². The Hall–Kier alpha value is -2.91. The number of hydrogen-bond acceptors (Lipinski definition) is 7. The van der Waals surface area contributed by atoms with Crippen LogP contribution in [0.25, 0.3) is 0 Å². The summed E-state index contributed by atoms with van der Waals surface area (Å²) in [6.07, 6.45) is 1.96. The Kier molecular flexibility index (Phi) is 7.96. The maximum atomic E-state index is 10.4. The monoisotopic (exact) mass is 335 g/mol. The van der Waals surface area contributed by atoms with Gasteiger partial charge in [-0.2, -0.15) is 0 Å². The summed E-state index contributed by atoms with van der Waals surface area (Å²) in [6.45, 7) is -0.169. The smallest absolute Gasteiger partial charge is 0.366 e. The average Bonchev–Trinajstić information content (AvgIpc) is 2.57. The number of aliphatic hydroxyl groups is 2. The maximum absolute atomic E-state index is 10.4. The number of nitro benzene ring substituents is 1. The highest BCUT2D eigenvalue weighted by molar-refractivity contribution is 5.39. The van der Waals surface area contributed by atoms with Gasteiger partial charge in [-0.1, -0.05) is 18.2 Å². The molecule has 0 aliphatic heterocycles. The van der Waals surface area contributed by atoms with Crippen LogP contribution in [0.15, 0.2) is 42.6 Å². The summed E-state index contributed by atoms with van der Waals surface area (Å²) in [5, 5.41) is 38.0. The van der Waals surface area contributed by atoms with E-state index in [-0.39, 0.29) is 31.1 Å². The predicted molar refractivity (Wildman–Crippen MR) is 85.6 cm³/mol. The first kappa shape index (κ1) is 19.1. The van der Waals surface area contributed by atoms with Gasteiger partial charge in [0.05, 0.1) is 10.5 Å². The van der Waals surface area contributed by atoms with Gasteiger partial charge in [-0.3, -0.25) is 10.1 Å². The van der Waals surface area contributed by atoms with Crippen molar-refractivity contribution >= 4 is 11.5 Å². The Morgan fingerprint density at radius 2 is 1.46 bits per heavy atom. The van der Waals surface area contributed by atoms with Gasteiger partial charge in [-0.15, -0.1) is 0 Å². The number of aliphatic hydroxyl groups excluding tert-OH is 2. The van der Waals surface area contributed by atoms with Crippen molar-refractivity contribution in [3.8, 4) is 0 Å². The van der Waals surface area contributed by atoms with Crippen molar-refractivity contribution in [1.82, 2.24) is 4.98 Å². The Morgan fingerprint density at radius 1 is 0.875 bits per heavy atom. The van der Waals surface area contributed by atoms with E-state index in [2.05, 4.69) is 4.98 Å². The van der Waals surface area contributed by atoms with E-state index in [9.17, 15) is 20.2 Å². The molecule has 2 N–H and O–H groups in total. The Morgan fingerprint density at radius 3 is 2.04 bits per heavy atom. The van der Waals surface area contributed by atoms with Gasteiger partial charge in [-0.05, 0) is 22.0 Å². The van der Waals surface area contributed by atoms with Gasteiger partial charge in [0.2, 0.25) is 0 Å². The lowest BCUT2D eigenvalue weighted by molar-refractivity contribution is -0.390. The van der Waals surface area contributed by atoms with E-state index in [0.29, 0.717) is 17.5 Å². The molecule has 1 aromatic carbocycles. The summed E-state index contributed by atoms with van der Waals surface area (Å²) in [5.74, 6) is -0.174. The summed E-state index contributed by atoms with van der Waals surface area (Å²) in [6, 6.07) is 9.61. The molecule has 1 aromatic heterocycles. The molecule has 0 saturated heterocycles. The molecule has 2 aromatic rings. The van der Waals surface area contributed by atoms with Crippen molar-refractivity contribution < 1.29 is 20.1 Å². The molecular formula is C15H17N3O6. The van der Waals surface area contributed by atoms with Crippen molar-refractivity contribution in [2.24, 2.45) is 0 Å². The summed E-state index contributed by atoms with van der Waals surface area (Å²) < 4.78 is 0. The van der Waals surface area contributed by atoms with Gasteiger partial charge >= 0.3 is 5.82 Å². The van der Waals surface area contributed by atoms with E-state index in [1.165, 1.54) is 12.3 Å². The van der Waals surface area contributed by atoms with Crippen molar-refractivity contribution in [3.63, 3.8) is 0 Å². The van der Waals surface area contributed by atoms with Gasteiger partial charge < -0.3 is 20.3 Å². The van der Waals surface area contributed by atoms with Crippen LogP contribution in [-0.4, -0.2) is 38.3 Å². The van der Waals surface area contributed by atoms with Crippen LogP contribution in [0, 0.1) is 20.2 Å². The lowest BCUT2D eigenvalue weighted by Crippen LogP contribution is -1.99. The van der Waals surface area contributed by atoms with Crippen LogP contribution in [0.4, 0.5) is 11.5 Å². The molecule has 0 saturated carbocycles. The fourth-order valence-electron chi connectivity index (χ4n) is 1.93. The molecule has 0 unspecified atom stereocenters. The first-order chi connectivity index (χ1) is 11.5. The Bertz CT molecular complexity index is 633. The molecule has 1 heterocycles. The first-order valence-electron chi connectivity index (χ1n) is 7.03. The third-order valence-electron chi connectivity index (χ3n) is 2.99. The molecule has 2 rings (SSSR count). The van der Waals surface area contributed by atoms with Crippen molar-refractivity contribution in [2.45, 2.75) is 12.8 Å². The quantitative estimate of drug-likeness (QED) is 0.604. The molecule has 0 atom stereocenters. The number of nitrogens with zero attached hydrogens (tertiary/aromatic N) is 3. The highest BCUT2D eigenvalue weighted by atomic mass is 16.6. The maximum Gasteiger partial charge on any atom is 0.366 e. The minimum absolute atomic E-state index is 0.0646. The number of hydrogen-bond donors (Lipinski definition) is 2. The highest BCUT2D eigenvalue weighted by Crippen LogP contribution is 2.17. The largest absolute Gasteiger partial charge is 0.396 e. The van der Waals surface area contributed by atoms with Gasteiger partial charge in [0.15, 0.2) is 0 Å². The topological polar surface area (TPSA) is 140 Å². The van der Waals surface area contributed by atoms with Crippen molar-refractivity contribution in [1.29, 1.82) is 0 Å². The first-order valence-corrected chi connectivity index (χ1v) is 7.03. The van der Waals surface area contributed by atoms with Crippen LogP contribution >= 0.6 is 0 Å². The lowest BCUT2D eigenvalue weighted by atomic mass is 10.1. The zero-order valence-electron chi connectivity index (χ0n) is 12.7. The molecule has 0 radical (unpaired) electrons. The van der Waals surface area contributed by atoms with Crippen LogP contribution in [0.5, 0.6) is 0 Å². The van der Waals surface area contributed by atoms with Crippen molar-refractivity contribution in [3.05, 3.63) is 74.0 Å². The number of aromatic nitrogens is 1. The zero-order valence-corrected chi connectivity index (χ0v) is 12.7. The SMILES string of the molecule is O=[N+]([O-])c1ccccc1CCO.O=[N+]([O-])c1ncccc1CCO. The number of nitro groups is 2. The van der Waals surface area contributed by atoms with Crippen LogP contribution in [0.1, 0.15) is 11.1 Å². The highest BCUT2D eigenvalue weighted by Gasteiger charge is 2.12. The van der Waals surface area contributed by atoms with E-state index >= 15 is 0 Å². The minimum Gasteiger partial charge on any atom is -0.396 e. The Labute approximate surface area is 137 Å². The van der Waals surface area contributed by atoms with Gasteiger partial charge in [0, 0.05) is 37.7 Å². The fraction of sp³-hybridized carbons (Fsp3) is 0.267. The van der Waals surface area contributed by atoms with Crippen LogP contribution in [0.3, 0.4) is 0 Å². The second-order valence-electron chi connectivity index (χ2n) is 4.58. The molecular weight excluding hydrogens is 318 g/mol. The molecule has 128 valence electrons. The summed E-state index contributed by atoms with van der Waals surface area (Å²) in [4.78, 5) is 23.4. The molecule has 9 heteroatoms. The second-order valence-corrected chi connectivity index (χ2v) is 4.58. The van der Waals surface area contributed by atoms with E-state index < -0.39 is 9.85 Å². The number of para-hydroxylation sites is 1. The molecule has 9 nitrogen and oxygen atoms in total. The molecule has 0 aliphatic carbocycles. The van der Waals surface area contributed by atoms with E-state index in [1.54, 1.807) is 30.3 Å². The van der Waals surface area contributed by atoms with Gasteiger partial charge in [0.25, 0.3) is 5.69 Å². The minimum atomic E-state index is -0.551. The molecule has 24 heavy (non-hydrogen) atoms. The summed E-state index contributed by atoms with van der Waals surface area (Å²) >= 11 is 0. The summed E-state index contributed by atoms with van der Waals surface area (Å²) in [7, 11) is 0. The molecule has 0 fully saturated rings. The fourth-order valence-corrected chi connectivity index (χ4v) is 1.93. The second kappa shape index (κ2) is 9.98. The zero-order chi connectivity index (χ0) is 17.9. The third kappa shape index (κ3) is 5.71. The molecule has 0 spiro atoms. The summed E-state index contributed by atoms with van der Waals surface area (Å²) in [5.41, 5.74) is 1.11. The predicted octanol–water partition coefficient (Wildman–Crippen LogP) is 1.65. The van der Waals surface area contributed by atoms with Crippen LogP contribution < -0.4 is 0 Å². The molecule has 0 aliphatic rings. The van der Waals surface area contributed by atoms with E-state index in [0.717, 1.165) is 0 Å². The third-order valence-corrected chi connectivity index (χ3v) is 2.99. The molecule has 0 amide bonds. The van der Waals surface area contributed by atoms with E-state index in [1.807, 2.05) is 0 Å². The molecule has 0 bridgehead atoms. The van der Waals surface area contributed by atoms with Crippen molar-refractivity contribution in [2.75, 3.05) is 13.2 Å². The standard InChI is InChI=1S/C8H9NO3.C7H8N2O3/c10-6-5-7-3-1-2-4-8(7)9(11)12;10-5-3-6-2-1-4-8-7(6)9(11)12/h1-4,10H,5-6H2;1-2,4,10H,3,5H2. The van der Waals surface area contributed by atoms with Crippen LogP contribution in [0.2, 0.25) is 0 Å².